The van der Waals surface area contributed by atoms with Gasteiger partial charge in [0.25, 0.3) is 0 Å². The molecule has 0 N–H and O–H groups in total. The van der Waals surface area contributed by atoms with Crippen molar-refractivity contribution in [3.05, 3.63) is 146 Å². The zero-order valence-electron chi connectivity index (χ0n) is 30.4. The van der Waals surface area contributed by atoms with Gasteiger partial charge in [-0.05, 0) is 58.7 Å². The third-order valence-electron chi connectivity index (χ3n) is 10.2. The first kappa shape index (κ1) is 35.2. The highest BCUT2D eigenvalue weighted by Crippen LogP contribution is 2.38. The van der Waals surface area contributed by atoms with Gasteiger partial charge in [0.15, 0.2) is 11.6 Å². The smallest absolute Gasteiger partial charge is 0.238 e. The van der Waals surface area contributed by atoms with Gasteiger partial charge in [0, 0.05) is 32.7 Å². The molecule has 0 saturated heterocycles. The van der Waals surface area contributed by atoms with Crippen molar-refractivity contribution < 1.29 is 4.42 Å². The molecular formula is C46H27B5N4O. The molecule has 5 nitrogen and oxygen atoms in total. The summed E-state index contributed by atoms with van der Waals surface area (Å²) < 4.78 is 8.60. The Bertz CT molecular complexity index is 3110. The first-order chi connectivity index (χ1) is 27.4. The monoisotopic (exact) mass is 706 g/mol. The summed E-state index contributed by atoms with van der Waals surface area (Å²) >= 11 is 0. The fourth-order valence-electron chi connectivity index (χ4n) is 7.48. The predicted molar refractivity (Wildman–Crippen MR) is 236 cm³/mol. The lowest BCUT2D eigenvalue weighted by Crippen LogP contribution is -2.47. The second kappa shape index (κ2) is 14.3. The van der Waals surface area contributed by atoms with Crippen molar-refractivity contribution in [2.45, 2.75) is 6.82 Å². The standard InChI is InChI=1S/C45H24B4N4O.CH3B/c46-34-24-33(40(47)42(49)41(34)48)30-15-9-17-37-39(30)31-20-18-28(23-38(31)54-37)44-50-43(26-12-5-2-6-13-26)51-45(52-44)53-35-16-8-7-14-29(35)32-22-27(19-21-36(32)53)25-10-3-1-4-11-25;1-2/h1-24H;1H3. The van der Waals surface area contributed by atoms with Crippen LogP contribution in [0, 0.1) is 0 Å². The molecule has 0 bridgehead atoms. The Morgan fingerprint density at radius 3 is 1.88 bits per heavy atom. The van der Waals surface area contributed by atoms with Crippen molar-refractivity contribution in [2.75, 3.05) is 0 Å². The molecule has 10 rings (SSSR count). The van der Waals surface area contributed by atoms with Crippen molar-refractivity contribution in [1.29, 1.82) is 0 Å². The van der Waals surface area contributed by atoms with Crippen LogP contribution in [0.15, 0.2) is 150 Å². The first-order valence-electron chi connectivity index (χ1n) is 18.1. The first-order valence-corrected chi connectivity index (χ1v) is 18.1. The summed E-state index contributed by atoms with van der Waals surface area (Å²) in [5.74, 6) is 1.58. The molecule has 7 aromatic carbocycles. The van der Waals surface area contributed by atoms with Crippen LogP contribution in [0.1, 0.15) is 0 Å². The van der Waals surface area contributed by atoms with Crippen LogP contribution >= 0.6 is 0 Å². The van der Waals surface area contributed by atoms with Crippen molar-refractivity contribution in [2.24, 2.45) is 0 Å². The topological polar surface area (TPSA) is 56.7 Å². The van der Waals surface area contributed by atoms with Crippen molar-refractivity contribution >= 4 is 105 Å². The maximum Gasteiger partial charge on any atom is 0.238 e. The maximum atomic E-state index is 6.49. The fourth-order valence-corrected chi connectivity index (χ4v) is 7.48. The summed E-state index contributed by atoms with van der Waals surface area (Å²) in [6.45, 7) is 1.50. The molecule has 10 radical (unpaired) electrons. The summed E-state index contributed by atoms with van der Waals surface area (Å²) in [7, 11) is 29.6. The second-order valence-corrected chi connectivity index (χ2v) is 13.3. The van der Waals surface area contributed by atoms with Gasteiger partial charge in [-0.1, -0.05) is 121 Å². The van der Waals surface area contributed by atoms with E-state index in [0.29, 0.717) is 45.3 Å². The van der Waals surface area contributed by atoms with E-state index in [4.69, 9.17) is 50.8 Å². The van der Waals surface area contributed by atoms with E-state index in [2.05, 4.69) is 73.1 Å². The highest BCUT2D eigenvalue weighted by Gasteiger charge is 2.20. The van der Waals surface area contributed by atoms with Crippen LogP contribution in [-0.2, 0) is 0 Å². The molecule has 0 fully saturated rings. The molecule has 0 amide bonds. The average molecular weight is 706 g/mol. The molecular weight excluding hydrogens is 679 g/mol. The number of furan rings is 1. The van der Waals surface area contributed by atoms with Gasteiger partial charge in [0.2, 0.25) is 5.95 Å². The van der Waals surface area contributed by atoms with Gasteiger partial charge in [0.1, 0.15) is 42.6 Å². The number of para-hydroxylation sites is 1. The van der Waals surface area contributed by atoms with Crippen LogP contribution in [0.5, 0.6) is 0 Å². The molecule has 0 spiro atoms. The maximum absolute atomic E-state index is 6.49. The average Bonchev–Trinajstić information content (AvgIpc) is 3.80. The lowest BCUT2D eigenvalue weighted by molar-refractivity contribution is 0.669. The third-order valence-corrected chi connectivity index (χ3v) is 10.2. The minimum absolute atomic E-state index is 0.261. The second-order valence-electron chi connectivity index (χ2n) is 13.3. The highest BCUT2D eigenvalue weighted by molar-refractivity contribution is 6.63. The Morgan fingerprint density at radius 2 is 1.11 bits per heavy atom. The molecule has 3 heterocycles. The molecule has 56 heavy (non-hydrogen) atoms. The molecule has 10 heteroatoms. The summed E-state index contributed by atoms with van der Waals surface area (Å²) in [4.78, 5) is 15.3. The van der Waals surface area contributed by atoms with Crippen molar-refractivity contribution in [1.82, 2.24) is 19.5 Å². The SMILES string of the molecule is [B]C.[B]c1cc(-c2cccc3oc4cc(-c5nc(-c6ccccc6)nc(-n6c7ccccc7c7cc(-c8ccccc8)ccc76)n5)ccc4c23)c([B])c([B])c1[B]. The molecule has 0 aliphatic rings. The number of aromatic nitrogens is 4. The van der Waals surface area contributed by atoms with Gasteiger partial charge >= 0.3 is 0 Å². The quantitative estimate of drug-likeness (QED) is 0.183. The minimum atomic E-state index is 0.261. The van der Waals surface area contributed by atoms with Gasteiger partial charge in [-0.3, -0.25) is 4.57 Å². The molecule has 10 aromatic rings. The van der Waals surface area contributed by atoms with E-state index >= 15 is 0 Å². The van der Waals surface area contributed by atoms with Crippen LogP contribution in [-0.4, -0.2) is 58.8 Å². The Hall–Kier alpha value is -6.53. The fraction of sp³-hybridized carbons (Fsp3) is 0.0217. The number of benzene rings is 7. The van der Waals surface area contributed by atoms with E-state index in [-0.39, 0.29) is 10.9 Å². The zero-order chi connectivity index (χ0) is 38.5. The predicted octanol–water partition coefficient (Wildman–Crippen LogP) is 6.91. The molecule has 0 aliphatic heterocycles. The minimum Gasteiger partial charge on any atom is -0.456 e. The lowest BCUT2D eigenvalue weighted by Gasteiger charge is -2.17. The Kier molecular flexibility index (Phi) is 8.97. The molecule has 252 valence electrons. The highest BCUT2D eigenvalue weighted by atomic mass is 16.3. The molecule has 3 aromatic heterocycles. The van der Waals surface area contributed by atoms with Gasteiger partial charge in [-0.2, -0.15) is 9.97 Å². The zero-order valence-corrected chi connectivity index (χ0v) is 30.4. The summed E-state index contributed by atoms with van der Waals surface area (Å²) in [6, 6.07) is 48.9. The largest absolute Gasteiger partial charge is 0.456 e. The number of rotatable bonds is 5. The van der Waals surface area contributed by atoms with Gasteiger partial charge in [0.05, 0.1) is 18.9 Å². The third kappa shape index (κ3) is 5.84. The number of fused-ring (bicyclic) bond motifs is 6. The number of hydrogen-bond donors (Lipinski definition) is 0. The van der Waals surface area contributed by atoms with E-state index in [0.717, 1.165) is 60.4 Å². The van der Waals surface area contributed by atoms with Crippen LogP contribution in [0.3, 0.4) is 0 Å². The van der Waals surface area contributed by atoms with Crippen LogP contribution in [0.2, 0.25) is 6.82 Å². The normalized spacial score (nSPS) is 11.3. The van der Waals surface area contributed by atoms with E-state index in [1.165, 1.54) is 6.82 Å². The van der Waals surface area contributed by atoms with E-state index < -0.39 is 0 Å². The van der Waals surface area contributed by atoms with Crippen molar-refractivity contribution in [3.8, 4) is 51.0 Å². The number of hydrogen-bond acceptors (Lipinski definition) is 4. The lowest BCUT2D eigenvalue weighted by atomic mass is 9.64. The molecule has 0 unspecified atom stereocenters. The van der Waals surface area contributed by atoms with Crippen LogP contribution in [0.4, 0.5) is 0 Å². The molecule has 0 saturated carbocycles. The van der Waals surface area contributed by atoms with Gasteiger partial charge in [-0.15, -0.1) is 16.4 Å². The molecule has 0 aliphatic carbocycles. The van der Waals surface area contributed by atoms with Gasteiger partial charge < -0.3 is 4.42 Å². The van der Waals surface area contributed by atoms with Crippen LogP contribution < -0.4 is 21.9 Å². The van der Waals surface area contributed by atoms with E-state index in [9.17, 15) is 0 Å². The number of nitrogens with zero attached hydrogens (tertiary/aromatic N) is 4. The van der Waals surface area contributed by atoms with Crippen LogP contribution in [0.25, 0.3) is 94.7 Å². The molecule has 0 atom stereocenters. The summed E-state index contributed by atoms with van der Waals surface area (Å²) in [6.07, 6.45) is 0. The van der Waals surface area contributed by atoms with E-state index in [1.807, 2.05) is 78.9 Å². The Labute approximate surface area is 330 Å². The van der Waals surface area contributed by atoms with Crippen molar-refractivity contribution in [3.63, 3.8) is 0 Å². The van der Waals surface area contributed by atoms with Gasteiger partial charge in [-0.25, -0.2) is 4.98 Å². The van der Waals surface area contributed by atoms with E-state index in [1.54, 1.807) is 6.07 Å². The Balaban J connectivity index is 0.00000202. The summed E-state index contributed by atoms with van der Waals surface area (Å²) in [5, 5.41) is 4.00. The Morgan fingerprint density at radius 1 is 0.446 bits per heavy atom. The summed E-state index contributed by atoms with van der Waals surface area (Å²) in [5.41, 5.74) is 10.1.